The highest BCUT2D eigenvalue weighted by Gasteiger charge is 2.21. The maximum Gasteiger partial charge on any atom is 0.244 e. The first-order chi connectivity index (χ1) is 9.56. The molecule has 0 bridgehead atoms. The Morgan fingerprint density at radius 2 is 2.00 bits per heavy atom. The average Bonchev–Trinajstić information content (AvgIpc) is 2.43. The molecule has 0 aliphatic heterocycles. The van der Waals surface area contributed by atoms with Crippen LogP contribution in [0.2, 0.25) is 10.0 Å². The first-order valence-corrected chi connectivity index (χ1v) is 7.75. The van der Waals surface area contributed by atoms with Gasteiger partial charge in [-0.05, 0) is 42.5 Å². The maximum absolute atomic E-state index is 11.9. The van der Waals surface area contributed by atoms with E-state index in [0.717, 1.165) is 12.0 Å². The molecule has 1 aliphatic carbocycles. The number of nitrogens with one attached hydrogen (secondary N) is 1. The van der Waals surface area contributed by atoms with Crippen molar-refractivity contribution < 1.29 is 4.79 Å². The van der Waals surface area contributed by atoms with Gasteiger partial charge in [0, 0.05) is 12.1 Å². The molecule has 2 nitrogen and oxygen atoms in total. The van der Waals surface area contributed by atoms with Gasteiger partial charge in [-0.3, -0.25) is 4.79 Å². The normalized spacial score (nSPS) is 22.9. The monoisotopic (exact) mass is 311 g/mol. The molecule has 0 spiro atoms. The van der Waals surface area contributed by atoms with Crippen molar-refractivity contribution in [3.63, 3.8) is 0 Å². The fourth-order valence-electron chi connectivity index (χ4n) is 2.55. The topological polar surface area (TPSA) is 29.1 Å². The summed E-state index contributed by atoms with van der Waals surface area (Å²) in [6.45, 7) is 2.20. The summed E-state index contributed by atoms with van der Waals surface area (Å²) in [5.41, 5.74) is 0.867. The van der Waals surface area contributed by atoms with Crippen LogP contribution in [0.4, 0.5) is 0 Å². The molecule has 2 atom stereocenters. The summed E-state index contributed by atoms with van der Waals surface area (Å²) in [6, 6.07) is 5.61. The smallest absolute Gasteiger partial charge is 0.244 e. The Bertz CT molecular complexity index is 513. The van der Waals surface area contributed by atoms with Crippen LogP contribution in [-0.4, -0.2) is 11.9 Å². The highest BCUT2D eigenvalue weighted by molar-refractivity contribution is 6.42. The van der Waals surface area contributed by atoms with Crippen LogP contribution in [0.3, 0.4) is 0 Å². The Kier molecular flexibility index (Phi) is 5.50. The van der Waals surface area contributed by atoms with Crippen molar-refractivity contribution in [1.29, 1.82) is 0 Å². The minimum atomic E-state index is -0.0465. The van der Waals surface area contributed by atoms with E-state index in [1.165, 1.54) is 19.3 Å². The standard InChI is InChI=1S/C16H19Cl2NO/c1-11-4-2-3-5-15(11)19-16(20)9-7-12-6-8-13(17)14(18)10-12/h6-11,15H,2-5H2,1H3,(H,19,20)/b9-7+/t11-,15+/m1/s1. The van der Waals surface area contributed by atoms with Crippen molar-refractivity contribution in [2.45, 2.75) is 38.6 Å². The van der Waals surface area contributed by atoms with Gasteiger partial charge in [-0.1, -0.05) is 49.0 Å². The van der Waals surface area contributed by atoms with Gasteiger partial charge in [0.05, 0.1) is 10.0 Å². The SMILES string of the molecule is C[C@@H]1CCCC[C@@H]1NC(=O)/C=C/c1ccc(Cl)c(Cl)c1. The molecule has 1 amide bonds. The zero-order valence-corrected chi connectivity index (χ0v) is 13.0. The minimum absolute atomic E-state index is 0.0465. The zero-order chi connectivity index (χ0) is 14.5. The summed E-state index contributed by atoms with van der Waals surface area (Å²) in [5.74, 6) is 0.515. The number of hydrogen-bond donors (Lipinski definition) is 1. The molecule has 0 aromatic heterocycles. The summed E-state index contributed by atoms with van der Waals surface area (Å²) < 4.78 is 0. The highest BCUT2D eigenvalue weighted by Crippen LogP contribution is 2.24. The first kappa shape index (κ1) is 15.4. The van der Waals surface area contributed by atoms with Gasteiger partial charge >= 0.3 is 0 Å². The Morgan fingerprint density at radius 1 is 1.25 bits per heavy atom. The summed E-state index contributed by atoms with van der Waals surface area (Å²) >= 11 is 11.8. The highest BCUT2D eigenvalue weighted by atomic mass is 35.5. The molecule has 1 N–H and O–H groups in total. The number of benzene rings is 1. The number of hydrogen-bond acceptors (Lipinski definition) is 1. The van der Waals surface area contributed by atoms with Crippen LogP contribution in [-0.2, 0) is 4.79 Å². The molecule has 1 aromatic carbocycles. The van der Waals surface area contributed by atoms with Gasteiger partial charge in [0.15, 0.2) is 0 Å². The zero-order valence-electron chi connectivity index (χ0n) is 11.5. The molecule has 0 unspecified atom stereocenters. The predicted octanol–water partition coefficient (Wildman–Crippen LogP) is 4.70. The van der Waals surface area contributed by atoms with E-state index in [-0.39, 0.29) is 5.91 Å². The predicted molar refractivity (Wildman–Crippen MR) is 85.1 cm³/mol. The summed E-state index contributed by atoms with van der Waals surface area (Å²) in [6.07, 6.45) is 8.05. The van der Waals surface area contributed by atoms with Crippen molar-refractivity contribution >= 4 is 35.2 Å². The van der Waals surface area contributed by atoms with E-state index in [9.17, 15) is 4.79 Å². The van der Waals surface area contributed by atoms with Gasteiger partial charge in [0.2, 0.25) is 5.91 Å². The van der Waals surface area contributed by atoms with Crippen molar-refractivity contribution in [3.8, 4) is 0 Å². The summed E-state index contributed by atoms with van der Waals surface area (Å²) in [7, 11) is 0. The lowest BCUT2D eigenvalue weighted by atomic mass is 9.86. The quantitative estimate of drug-likeness (QED) is 0.805. The molecule has 0 saturated heterocycles. The fraction of sp³-hybridized carbons (Fsp3) is 0.438. The molecule has 2 rings (SSSR count). The van der Waals surface area contributed by atoms with Gasteiger partial charge in [-0.2, -0.15) is 0 Å². The second kappa shape index (κ2) is 7.14. The molecule has 108 valence electrons. The first-order valence-electron chi connectivity index (χ1n) is 7.00. The molecular weight excluding hydrogens is 293 g/mol. The van der Waals surface area contributed by atoms with Crippen molar-refractivity contribution in [3.05, 3.63) is 39.9 Å². The van der Waals surface area contributed by atoms with Gasteiger partial charge in [-0.15, -0.1) is 0 Å². The van der Waals surface area contributed by atoms with Crippen molar-refractivity contribution in [1.82, 2.24) is 5.32 Å². The second-order valence-corrected chi connectivity index (χ2v) is 6.20. The summed E-state index contributed by atoms with van der Waals surface area (Å²) in [5, 5.41) is 4.09. The average molecular weight is 312 g/mol. The molecule has 0 heterocycles. The Hall–Kier alpha value is -0.990. The largest absolute Gasteiger partial charge is 0.350 e. The van der Waals surface area contributed by atoms with Gasteiger partial charge in [0.1, 0.15) is 0 Å². The molecule has 1 aromatic rings. The number of halogens is 2. The number of rotatable bonds is 3. The van der Waals surface area contributed by atoms with Crippen molar-refractivity contribution in [2.75, 3.05) is 0 Å². The van der Waals surface area contributed by atoms with Crippen LogP contribution in [0.1, 0.15) is 38.2 Å². The maximum atomic E-state index is 11.9. The van der Waals surface area contributed by atoms with Gasteiger partial charge in [-0.25, -0.2) is 0 Å². The number of amides is 1. The third-order valence-corrected chi connectivity index (χ3v) is 4.55. The van der Waals surface area contributed by atoms with Crippen LogP contribution in [0.25, 0.3) is 6.08 Å². The molecule has 4 heteroatoms. The molecule has 1 aliphatic rings. The van der Waals surface area contributed by atoms with Crippen molar-refractivity contribution in [2.24, 2.45) is 5.92 Å². The third-order valence-electron chi connectivity index (χ3n) is 3.81. The Balaban J connectivity index is 1.93. The third kappa shape index (κ3) is 4.26. The van der Waals surface area contributed by atoms with E-state index in [4.69, 9.17) is 23.2 Å². The summed E-state index contributed by atoms with van der Waals surface area (Å²) in [4.78, 5) is 11.9. The van der Waals surface area contributed by atoms with Crippen LogP contribution in [0.15, 0.2) is 24.3 Å². The van der Waals surface area contributed by atoms with Crippen LogP contribution in [0, 0.1) is 5.92 Å². The lowest BCUT2D eigenvalue weighted by molar-refractivity contribution is -0.117. The van der Waals surface area contributed by atoms with Crippen LogP contribution in [0.5, 0.6) is 0 Å². The molecule has 0 radical (unpaired) electrons. The Labute approximate surface area is 130 Å². The van der Waals surface area contributed by atoms with E-state index in [1.54, 1.807) is 24.3 Å². The Morgan fingerprint density at radius 3 is 2.70 bits per heavy atom. The second-order valence-electron chi connectivity index (χ2n) is 5.38. The minimum Gasteiger partial charge on any atom is -0.350 e. The van der Waals surface area contributed by atoms with Crippen LogP contribution < -0.4 is 5.32 Å². The fourth-order valence-corrected chi connectivity index (χ4v) is 2.86. The molecule has 1 saturated carbocycles. The van der Waals surface area contributed by atoms with E-state index in [0.29, 0.717) is 22.0 Å². The van der Waals surface area contributed by atoms with Crippen LogP contribution >= 0.6 is 23.2 Å². The van der Waals surface area contributed by atoms with E-state index in [1.807, 2.05) is 6.07 Å². The molecule has 20 heavy (non-hydrogen) atoms. The van der Waals surface area contributed by atoms with E-state index < -0.39 is 0 Å². The number of carbonyl (C=O) groups excluding carboxylic acids is 1. The van der Waals surface area contributed by atoms with E-state index >= 15 is 0 Å². The van der Waals surface area contributed by atoms with Gasteiger partial charge in [0.25, 0.3) is 0 Å². The molecular formula is C16H19Cl2NO. The lowest BCUT2D eigenvalue weighted by Gasteiger charge is -2.29. The lowest BCUT2D eigenvalue weighted by Crippen LogP contribution is -2.40. The van der Waals surface area contributed by atoms with Gasteiger partial charge < -0.3 is 5.32 Å². The van der Waals surface area contributed by atoms with E-state index in [2.05, 4.69) is 12.2 Å². The molecule has 1 fully saturated rings. The number of carbonyl (C=O) groups is 1.